The minimum atomic E-state index is -0.422. The molecule has 3 rings (SSSR count). The van der Waals surface area contributed by atoms with E-state index in [0.717, 1.165) is 11.4 Å². The summed E-state index contributed by atoms with van der Waals surface area (Å²) in [6, 6.07) is 5.62. The maximum absolute atomic E-state index is 11.3. The largest absolute Gasteiger partial charge is 0.378 e. The highest BCUT2D eigenvalue weighted by molar-refractivity contribution is 6.32. The second-order valence-electron chi connectivity index (χ2n) is 4.26. The molecule has 0 bridgehead atoms. The average Bonchev–Trinajstić information content (AvgIpc) is 3.04. The monoisotopic (exact) mass is 302 g/mol. The van der Waals surface area contributed by atoms with Gasteiger partial charge in [0.2, 0.25) is 0 Å². The first-order chi connectivity index (χ1) is 10.2. The highest BCUT2D eigenvalue weighted by Crippen LogP contribution is 2.15. The van der Waals surface area contributed by atoms with Gasteiger partial charge in [-0.3, -0.25) is 4.79 Å². The normalized spacial score (nSPS) is 10.5. The third-order valence-electron chi connectivity index (χ3n) is 2.83. The molecule has 0 aliphatic heterocycles. The van der Waals surface area contributed by atoms with Crippen molar-refractivity contribution in [2.45, 2.75) is 6.54 Å². The van der Waals surface area contributed by atoms with Crippen molar-refractivity contribution < 1.29 is 0 Å². The van der Waals surface area contributed by atoms with E-state index in [4.69, 9.17) is 11.6 Å². The van der Waals surface area contributed by atoms with Crippen LogP contribution in [-0.2, 0) is 6.54 Å². The Bertz CT molecular complexity index is 781. The maximum atomic E-state index is 11.3. The van der Waals surface area contributed by atoms with Crippen molar-refractivity contribution in [1.29, 1.82) is 0 Å². The summed E-state index contributed by atoms with van der Waals surface area (Å²) < 4.78 is 1.68. The van der Waals surface area contributed by atoms with Crippen molar-refractivity contribution in [3.63, 3.8) is 0 Å². The van der Waals surface area contributed by atoms with Gasteiger partial charge in [-0.1, -0.05) is 17.7 Å². The second kappa shape index (κ2) is 5.76. The standard InChI is InChI=1S/C13H11ClN6O/c14-12-10(8-17-19-13(12)21)15-6-9-2-3-11(16-7-9)20-5-1-4-18-20/h1-5,7-8H,6H2,(H2,15,19,21). The number of aromatic amines is 1. The van der Waals surface area contributed by atoms with E-state index in [1.807, 2.05) is 24.4 Å². The molecule has 0 spiro atoms. The summed E-state index contributed by atoms with van der Waals surface area (Å²) in [5.41, 5.74) is 1.01. The maximum Gasteiger partial charge on any atom is 0.285 e. The number of nitrogens with zero attached hydrogens (tertiary/aromatic N) is 4. The Morgan fingerprint density at radius 1 is 1.33 bits per heavy atom. The SMILES string of the molecule is O=c1[nH]ncc(NCc2ccc(-n3cccn3)nc2)c1Cl. The zero-order chi connectivity index (χ0) is 14.7. The van der Waals surface area contributed by atoms with Crippen LogP contribution in [0.3, 0.4) is 0 Å². The fourth-order valence-electron chi connectivity index (χ4n) is 1.77. The van der Waals surface area contributed by atoms with E-state index in [-0.39, 0.29) is 5.02 Å². The Balaban J connectivity index is 1.71. The van der Waals surface area contributed by atoms with Gasteiger partial charge in [-0.05, 0) is 17.7 Å². The molecule has 8 heteroatoms. The molecule has 0 amide bonds. The molecule has 0 fully saturated rings. The molecule has 3 aromatic rings. The van der Waals surface area contributed by atoms with E-state index >= 15 is 0 Å². The van der Waals surface area contributed by atoms with E-state index < -0.39 is 5.56 Å². The van der Waals surface area contributed by atoms with Crippen LogP contribution in [0.5, 0.6) is 0 Å². The third-order valence-corrected chi connectivity index (χ3v) is 3.20. The number of aromatic nitrogens is 5. The van der Waals surface area contributed by atoms with E-state index in [2.05, 4.69) is 25.6 Å². The minimum absolute atomic E-state index is 0.0890. The molecule has 3 heterocycles. The predicted molar refractivity (Wildman–Crippen MR) is 78.6 cm³/mol. The van der Waals surface area contributed by atoms with Crippen molar-refractivity contribution in [3.05, 3.63) is 63.9 Å². The summed E-state index contributed by atoms with van der Waals surface area (Å²) >= 11 is 5.88. The zero-order valence-electron chi connectivity index (χ0n) is 10.8. The van der Waals surface area contributed by atoms with Gasteiger partial charge in [0, 0.05) is 25.1 Å². The van der Waals surface area contributed by atoms with Gasteiger partial charge >= 0.3 is 0 Å². The van der Waals surface area contributed by atoms with Crippen molar-refractivity contribution in [3.8, 4) is 5.82 Å². The quantitative estimate of drug-likeness (QED) is 0.764. The molecule has 0 aromatic carbocycles. The number of rotatable bonds is 4. The fraction of sp³-hybridized carbons (Fsp3) is 0.0769. The highest BCUT2D eigenvalue weighted by Gasteiger charge is 2.05. The Morgan fingerprint density at radius 2 is 2.24 bits per heavy atom. The lowest BCUT2D eigenvalue weighted by molar-refractivity contribution is 0.843. The number of pyridine rings is 1. The Kier molecular flexibility index (Phi) is 3.65. The van der Waals surface area contributed by atoms with E-state index in [0.29, 0.717) is 12.2 Å². The molecule has 21 heavy (non-hydrogen) atoms. The number of hydrogen-bond acceptors (Lipinski definition) is 5. The molecule has 0 unspecified atom stereocenters. The fourth-order valence-corrected chi connectivity index (χ4v) is 1.92. The van der Waals surface area contributed by atoms with Gasteiger partial charge in [0.1, 0.15) is 5.02 Å². The van der Waals surface area contributed by atoms with Gasteiger partial charge < -0.3 is 5.32 Å². The summed E-state index contributed by atoms with van der Waals surface area (Å²) in [7, 11) is 0. The lowest BCUT2D eigenvalue weighted by Gasteiger charge is -2.07. The lowest BCUT2D eigenvalue weighted by Crippen LogP contribution is -2.12. The first-order valence-corrected chi connectivity index (χ1v) is 6.54. The molecule has 0 saturated carbocycles. The van der Waals surface area contributed by atoms with Crippen LogP contribution in [-0.4, -0.2) is 25.0 Å². The third kappa shape index (κ3) is 2.92. The summed E-state index contributed by atoms with van der Waals surface area (Å²) in [5.74, 6) is 0.736. The van der Waals surface area contributed by atoms with Crippen LogP contribution in [0.25, 0.3) is 5.82 Å². The summed E-state index contributed by atoms with van der Waals surface area (Å²) in [6.45, 7) is 0.483. The molecule has 2 N–H and O–H groups in total. The Hall–Kier alpha value is -2.67. The van der Waals surface area contributed by atoms with Gasteiger partial charge in [-0.15, -0.1) is 0 Å². The molecule has 7 nitrogen and oxygen atoms in total. The molecule has 106 valence electrons. The lowest BCUT2D eigenvalue weighted by atomic mass is 10.2. The van der Waals surface area contributed by atoms with Crippen molar-refractivity contribution in [2.24, 2.45) is 0 Å². The van der Waals surface area contributed by atoms with E-state index in [1.165, 1.54) is 6.20 Å². The van der Waals surface area contributed by atoms with E-state index in [9.17, 15) is 4.79 Å². The topological polar surface area (TPSA) is 88.5 Å². The van der Waals surface area contributed by atoms with Crippen LogP contribution in [0.1, 0.15) is 5.56 Å². The molecular weight excluding hydrogens is 292 g/mol. The molecule has 0 saturated heterocycles. The second-order valence-corrected chi connectivity index (χ2v) is 4.63. The highest BCUT2D eigenvalue weighted by atomic mass is 35.5. The van der Waals surface area contributed by atoms with Gasteiger partial charge in [-0.2, -0.15) is 10.2 Å². The van der Waals surface area contributed by atoms with Crippen molar-refractivity contribution in [2.75, 3.05) is 5.32 Å². The smallest absolute Gasteiger partial charge is 0.285 e. The van der Waals surface area contributed by atoms with Crippen LogP contribution in [0.4, 0.5) is 5.69 Å². The summed E-state index contributed by atoms with van der Waals surface area (Å²) in [5, 5.41) is 13.2. The minimum Gasteiger partial charge on any atom is -0.378 e. The van der Waals surface area contributed by atoms with Crippen molar-refractivity contribution >= 4 is 17.3 Å². The van der Waals surface area contributed by atoms with E-state index in [1.54, 1.807) is 17.1 Å². The molecule has 0 aliphatic carbocycles. The first-order valence-electron chi connectivity index (χ1n) is 6.16. The molecular formula is C13H11ClN6O. The number of halogens is 1. The number of hydrogen-bond donors (Lipinski definition) is 2. The Labute approximate surface area is 124 Å². The van der Waals surface area contributed by atoms with Gasteiger partial charge in [0.15, 0.2) is 5.82 Å². The first kappa shape index (κ1) is 13.3. The zero-order valence-corrected chi connectivity index (χ0v) is 11.6. The Morgan fingerprint density at radius 3 is 2.95 bits per heavy atom. The molecule has 0 atom stereocenters. The van der Waals surface area contributed by atoms with Gasteiger partial charge in [0.25, 0.3) is 5.56 Å². The van der Waals surface area contributed by atoms with Crippen LogP contribution < -0.4 is 10.9 Å². The predicted octanol–water partition coefficient (Wildman–Crippen LogP) is 1.62. The average molecular weight is 303 g/mol. The number of H-pyrrole nitrogens is 1. The number of nitrogens with one attached hydrogen (secondary N) is 2. The van der Waals surface area contributed by atoms with Crippen LogP contribution >= 0.6 is 11.6 Å². The van der Waals surface area contributed by atoms with Gasteiger partial charge in [-0.25, -0.2) is 14.8 Å². The molecule has 0 aliphatic rings. The molecule has 0 radical (unpaired) electrons. The van der Waals surface area contributed by atoms with Crippen LogP contribution in [0.15, 0.2) is 47.8 Å². The van der Waals surface area contributed by atoms with Crippen molar-refractivity contribution in [1.82, 2.24) is 25.0 Å². The molecule has 3 aromatic heterocycles. The summed E-state index contributed by atoms with van der Waals surface area (Å²) in [4.78, 5) is 15.6. The van der Waals surface area contributed by atoms with Crippen LogP contribution in [0.2, 0.25) is 5.02 Å². The number of anilines is 1. The van der Waals surface area contributed by atoms with Gasteiger partial charge in [0.05, 0.1) is 11.9 Å². The van der Waals surface area contributed by atoms with Crippen LogP contribution in [0, 0.1) is 0 Å². The summed E-state index contributed by atoms with van der Waals surface area (Å²) in [6.07, 6.45) is 6.72.